The van der Waals surface area contributed by atoms with Crippen molar-refractivity contribution in [1.29, 1.82) is 0 Å². The Labute approximate surface area is 111 Å². The van der Waals surface area contributed by atoms with Crippen LogP contribution in [0, 0.1) is 0 Å². The summed E-state index contributed by atoms with van der Waals surface area (Å²) in [7, 11) is 0. The lowest BCUT2D eigenvalue weighted by molar-refractivity contribution is -0.291. The van der Waals surface area contributed by atoms with E-state index in [1.54, 1.807) is 0 Å². The van der Waals surface area contributed by atoms with Gasteiger partial charge >= 0.3 is 24.2 Å². The van der Waals surface area contributed by atoms with Crippen LogP contribution in [0.3, 0.4) is 0 Å². The number of hydrogen-bond donors (Lipinski definition) is 1. The van der Waals surface area contributed by atoms with Crippen molar-refractivity contribution in [3.63, 3.8) is 0 Å². The summed E-state index contributed by atoms with van der Waals surface area (Å²) in [5.41, 5.74) is -6.52. The van der Waals surface area contributed by atoms with Crippen LogP contribution in [0.1, 0.15) is 28.7 Å². The van der Waals surface area contributed by atoms with Gasteiger partial charge in [0, 0.05) is 0 Å². The maximum atomic E-state index is 13.1. The average molecular weight is 326 g/mol. The van der Waals surface area contributed by atoms with Crippen LogP contribution in [0.15, 0.2) is 0 Å². The van der Waals surface area contributed by atoms with Crippen molar-refractivity contribution in [2.24, 2.45) is 0 Å². The minimum Gasteiger partial charge on any atom is -0.462 e. The Balaban J connectivity index is 3.55. The van der Waals surface area contributed by atoms with Gasteiger partial charge in [-0.1, -0.05) is 0 Å². The van der Waals surface area contributed by atoms with Gasteiger partial charge in [-0.15, -0.1) is 0 Å². The third kappa shape index (κ3) is 3.08. The van der Waals surface area contributed by atoms with Gasteiger partial charge < -0.3 is 4.74 Å². The van der Waals surface area contributed by atoms with Crippen molar-refractivity contribution in [3.8, 4) is 0 Å². The predicted octanol–water partition coefficient (Wildman–Crippen LogP) is 3.26. The molecule has 0 saturated carbocycles. The zero-order valence-corrected chi connectivity index (χ0v) is 9.99. The number of hydrogen-bond acceptors (Lipinski definition) is 3. The Morgan fingerprint density at radius 3 is 2.05 bits per heavy atom. The maximum Gasteiger partial charge on any atom is 0.459 e. The zero-order chi connectivity index (χ0) is 16.6. The molecule has 0 aliphatic heterocycles. The number of halogens is 8. The molecule has 1 heterocycles. The van der Waals surface area contributed by atoms with Crippen LogP contribution < -0.4 is 0 Å². The lowest BCUT2D eigenvalue weighted by atomic mass is 10.1. The van der Waals surface area contributed by atoms with E-state index in [2.05, 4.69) is 9.84 Å². The standard InChI is InChI=1S/C9H6F8N2O2/c1-2-21-6(20)3-4(7(10,11)9(15,16)17)18-19-5(3)8(12,13)14/h2H2,1H3,(H,18,19). The van der Waals surface area contributed by atoms with Crippen molar-refractivity contribution in [2.45, 2.75) is 25.2 Å². The number of aromatic amines is 1. The Hall–Kier alpha value is -1.88. The fourth-order valence-electron chi connectivity index (χ4n) is 1.31. The predicted molar refractivity (Wildman–Crippen MR) is 49.5 cm³/mol. The molecule has 12 heteroatoms. The smallest absolute Gasteiger partial charge is 0.459 e. The van der Waals surface area contributed by atoms with Crippen molar-refractivity contribution >= 4 is 5.97 Å². The SMILES string of the molecule is CCOC(=O)c1c(C(F)(F)C(F)(F)F)n[nH]c1C(F)(F)F. The van der Waals surface area contributed by atoms with Crippen LogP contribution >= 0.6 is 0 Å². The minimum atomic E-state index is -6.23. The van der Waals surface area contributed by atoms with Gasteiger partial charge in [0.05, 0.1) is 6.61 Å². The summed E-state index contributed by atoms with van der Waals surface area (Å²) in [5.74, 6) is -7.74. The number of aromatic nitrogens is 2. The highest BCUT2D eigenvalue weighted by atomic mass is 19.4. The van der Waals surface area contributed by atoms with Gasteiger partial charge in [0.25, 0.3) is 0 Å². The lowest BCUT2D eigenvalue weighted by Gasteiger charge is -2.18. The first-order chi connectivity index (χ1) is 9.34. The van der Waals surface area contributed by atoms with Gasteiger partial charge in [0.1, 0.15) is 5.56 Å². The number of H-pyrrole nitrogens is 1. The number of carbonyl (C=O) groups excluding carboxylic acids is 1. The van der Waals surface area contributed by atoms with Gasteiger partial charge in [-0.05, 0) is 6.92 Å². The molecular weight excluding hydrogens is 320 g/mol. The molecule has 0 unspecified atom stereocenters. The number of carbonyl (C=O) groups is 1. The van der Waals surface area contributed by atoms with Crippen LogP contribution in [-0.4, -0.2) is 28.9 Å². The summed E-state index contributed by atoms with van der Waals surface area (Å²) in [6.07, 6.45) is -11.6. The monoisotopic (exact) mass is 326 g/mol. The van der Waals surface area contributed by atoms with Crippen LogP contribution in [0.4, 0.5) is 35.1 Å². The van der Waals surface area contributed by atoms with E-state index in [0.717, 1.165) is 12.0 Å². The molecule has 1 aromatic heterocycles. The van der Waals surface area contributed by atoms with E-state index in [4.69, 9.17) is 0 Å². The van der Waals surface area contributed by atoms with Crippen molar-refractivity contribution < 1.29 is 44.7 Å². The van der Waals surface area contributed by atoms with Gasteiger partial charge in [-0.2, -0.15) is 40.2 Å². The Morgan fingerprint density at radius 2 is 1.67 bits per heavy atom. The number of nitrogens with one attached hydrogen (secondary N) is 1. The quantitative estimate of drug-likeness (QED) is 0.685. The fourth-order valence-corrected chi connectivity index (χ4v) is 1.31. The summed E-state index contributed by atoms with van der Waals surface area (Å²) < 4.78 is 105. The molecule has 0 aliphatic rings. The number of nitrogens with zero attached hydrogens (tertiary/aromatic N) is 1. The van der Waals surface area contributed by atoms with Gasteiger partial charge in [-0.25, -0.2) is 4.79 Å². The van der Waals surface area contributed by atoms with Crippen LogP contribution in [0.25, 0.3) is 0 Å². The van der Waals surface area contributed by atoms with Crippen LogP contribution in [0.2, 0.25) is 0 Å². The molecule has 0 fully saturated rings. The second kappa shape index (κ2) is 5.15. The largest absolute Gasteiger partial charge is 0.462 e. The molecule has 1 rings (SSSR count). The highest BCUT2D eigenvalue weighted by molar-refractivity contribution is 5.92. The molecule has 0 radical (unpaired) electrons. The first-order valence-corrected chi connectivity index (χ1v) is 5.11. The third-order valence-electron chi connectivity index (χ3n) is 2.18. The number of esters is 1. The zero-order valence-electron chi connectivity index (χ0n) is 9.99. The normalized spacial score (nSPS) is 13.4. The second-order valence-corrected chi connectivity index (χ2v) is 3.61. The molecule has 0 aliphatic carbocycles. The van der Waals surface area contributed by atoms with Crippen molar-refractivity contribution in [2.75, 3.05) is 6.61 Å². The number of rotatable bonds is 3. The molecule has 0 amide bonds. The lowest BCUT2D eigenvalue weighted by Crippen LogP contribution is -2.35. The molecule has 0 spiro atoms. The fraction of sp³-hybridized carbons (Fsp3) is 0.556. The Kier molecular flexibility index (Phi) is 4.21. The van der Waals surface area contributed by atoms with E-state index in [9.17, 15) is 39.9 Å². The van der Waals surface area contributed by atoms with E-state index in [1.165, 1.54) is 0 Å². The molecule has 21 heavy (non-hydrogen) atoms. The maximum absolute atomic E-state index is 13.1. The van der Waals surface area contributed by atoms with Gasteiger partial charge in [0.15, 0.2) is 11.4 Å². The third-order valence-corrected chi connectivity index (χ3v) is 2.18. The van der Waals surface area contributed by atoms with E-state index < -0.39 is 47.8 Å². The molecule has 4 nitrogen and oxygen atoms in total. The van der Waals surface area contributed by atoms with Gasteiger partial charge in [0.2, 0.25) is 0 Å². The molecular formula is C9H6F8N2O2. The summed E-state index contributed by atoms with van der Waals surface area (Å²) in [6.45, 7) is 0.602. The van der Waals surface area contributed by atoms with E-state index in [0.29, 0.717) is 0 Å². The molecule has 120 valence electrons. The molecule has 0 atom stereocenters. The topological polar surface area (TPSA) is 55.0 Å². The Bertz CT molecular complexity index is 531. The first-order valence-electron chi connectivity index (χ1n) is 5.11. The second-order valence-electron chi connectivity index (χ2n) is 3.61. The van der Waals surface area contributed by atoms with Crippen LogP contribution in [-0.2, 0) is 16.8 Å². The van der Waals surface area contributed by atoms with Gasteiger partial charge in [-0.3, -0.25) is 5.10 Å². The highest BCUT2D eigenvalue weighted by Crippen LogP contribution is 2.46. The summed E-state index contributed by atoms with van der Waals surface area (Å²) in [5, 5.41) is 3.28. The van der Waals surface area contributed by atoms with Crippen molar-refractivity contribution in [1.82, 2.24) is 10.2 Å². The van der Waals surface area contributed by atoms with E-state index >= 15 is 0 Å². The van der Waals surface area contributed by atoms with E-state index in [1.807, 2.05) is 0 Å². The molecule has 0 bridgehead atoms. The number of ether oxygens (including phenoxy) is 1. The molecule has 1 N–H and O–H groups in total. The molecule has 0 aromatic carbocycles. The first kappa shape index (κ1) is 17.2. The van der Waals surface area contributed by atoms with Crippen LogP contribution in [0.5, 0.6) is 0 Å². The van der Waals surface area contributed by atoms with Crippen molar-refractivity contribution in [3.05, 3.63) is 17.0 Å². The van der Waals surface area contributed by atoms with E-state index in [-0.39, 0.29) is 0 Å². The summed E-state index contributed by atoms with van der Waals surface area (Å²) in [4.78, 5) is 11.3. The number of alkyl halides is 8. The molecule has 0 saturated heterocycles. The summed E-state index contributed by atoms with van der Waals surface area (Å²) in [6, 6.07) is 0. The average Bonchev–Trinajstić information content (AvgIpc) is 2.71. The summed E-state index contributed by atoms with van der Waals surface area (Å²) >= 11 is 0. The molecule has 1 aromatic rings. The highest BCUT2D eigenvalue weighted by Gasteiger charge is 2.63. The Morgan fingerprint density at radius 1 is 1.14 bits per heavy atom. The minimum absolute atomic E-state index is 0.529.